The Morgan fingerprint density at radius 3 is 2.81 bits per heavy atom. The Bertz CT molecular complexity index is 649. The quantitative estimate of drug-likeness (QED) is 0.873. The molecule has 5 nitrogen and oxygen atoms in total. The number of benzene rings is 1. The van der Waals surface area contributed by atoms with Crippen LogP contribution in [0.15, 0.2) is 42.9 Å². The van der Waals surface area contributed by atoms with Crippen molar-refractivity contribution in [1.29, 1.82) is 0 Å². The molecule has 1 aliphatic rings. The third-order valence-electron chi connectivity index (χ3n) is 3.69. The van der Waals surface area contributed by atoms with Gasteiger partial charge in [0.2, 0.25) is 5.91 Å². The lowest BCUT2D eigenvalue weighted by Crippen LogP contribution is -2.40. The largest absolute Gasteiger partial charge is 0.346 e. The number of para-hydroxylation sites is 1. The summed E-state index contributed by atoms with van der Waals surface area (Å²) >= 11 is 6.11. The van der Waals surface area contributed by atoms with Gasteiger partial charge in [-0.2, -0.15) is 0 Å². The average molecular weight is 303 g/mol. The Labute approximate surface area is 128 Å². The molecule has 0 saturated carbocycles. The SMILES string of the molecule is CN(c1ncncc1Cl)C1CCN(c2ccccc2)C1=O. The van der Waals surface area contributed by atoms with E-state index in [1.165, 1.54) is 12.5 Å². The first-order chi connectivity index (χ1) is 10.2. The topological polar surface area (TPSA) is 49.3 Å². The van der Waals surface area contributed by atoms with E-state index in [0.29, 0.717) is 17.4 Å². The van der Waals surface area contributed by atoms with Crippen molar-refractivity contribution in [2.45, 2.75) is 12.5 Å². The minimum atomic E-state index is -0.252. The molecule has 0 aliphatic carbocycles. The number of aromatic nitrogens is 2. The molecule has 108 valence electrons. The second-order valence-electron chi connectivity index (χ2n) is 4.94. The molecule has 1 aromatic heterocycles. The van der Waals surface area contributed by atoms with Crippen molar-refractivity contribution >= 4 is 29.0 Å². The van der Waals surface area contributed by atoms with E-state index in [1.807, 2.05) is 42.3 Å². The van der Waals surface area contributed by atoms with E-state index in [4.69, 9.17) is 11.6 Å². The average Bonchev–Trinajstić information content (AvgIpc) is 2.90. The van der Waals surface area contributed by atoms with Crippen LogP contribution in [0.4, 0.5) is 11.5 Å². The fourth-order valence-electron chi connectivity index (χ4n) is 2.60. The smallest absolute Gasteiger partial charge is 0.249 e. The number of nitrogens with zero attached hydrogens (tertiary/aromatic N) is 4. The van der Waals surface area contributed by atoms with Crippen molar-refractivity contribution in [1.82, 2.24) is 9.97 Å². The van der Waals surface area contributed by atoms with Crippen molar-refractivity contribution in [3.05, 3.63) is 47.9 Å². The molecule has 1 unspecified atom stereocenters. The lowest BCUT2D eigenvalue weighted by atomic mass is 10.2. The van der Waals surface area contributed by atoms with Gasteiger partial charge in [0.05, 0.1) is 6.20 Å². The first-order valence-electron chi connectivity index (χ1n) is 6.73. The van der Waals surface area contributed by atoms with Crippen LogP contribution in [0.2, 0.25) is 5.02 Å². The Morgan fingerprint density at radius 1 is 1.33 bits per heavy atom. The van der Waals surface area contributed by atoms with Crippen molar-refractivity contribution in [3.63, 3.8) is 0 Å². The zero-order valence-electron chi connectivity index (χ0n) is 11.6. The lowest BCUT2D eigenvalue weighted by molar-refractivity contribution is -0.118. The normalized spacial score (nSPS) is 18.1. The van der Waals surface area contributed by atoms with Gasteiger partial charge in [-0.05, 0) is 18.6 Å². The van der Waals surface area contributed by atoms with Gasteiger partial charge < -0.3 is 9.80 Å². The summed E-state index contributed by atoms with van der Waals surface area (Å²) < 4.78 is 0. The minimum absolute atomic E-state index is 0.0679. The third-order valence-corrected chi connectivity index (χ3v) is 3.96. The zero-order valence-corrected chi connectivity index (χ0v) is 12.4. The Morgan fingerprint density at radius 2 is 2.10 bits per heavy atom. The van der Waals surface area contributed by atoms with Gasteiger partial charge in [0, 0.05) is 19.3 Å². The number of carbonyl (C=O) groups excluding carboxylic acids is 1. The highest BCUT2D eigenvalue weighted by Gasteiger charge is 2.36. The van der Waals surface area contributed by atoms with Crippen molar-refractivity contribution < 1.29 is 4.79 Å². The summed E-state index contributed by atoms with van der Waals surface area (Å²) in [6.45, 7) is 0.695. The second kappa shape index (κ2) is 5.69. The number of likely N-dealkylation sites (N-methyl/N-ethyl adjacent to an activating group) is 1. The molecule has 1 fully saturated rings. The summed E-state index contributed by atoms with van der Waals surface area (Å²) in [5, 5.41) is 0.450. The number of carbonyl (C=O) groups is 1. The maximum absolute atomic E-state index is 12.6. The van der Waals surface area contributed by atoms with Gasteiger partial charge in [0.25, 0.3) is 0 Å². The summed E-state index contributed by atoms with van der Waals surface area (Å²) in [4.78, 5) is 24.3. The first-order valence-corrected chi connectivity index (χ1v) is 7.11. The zero-order chi connectivity index (χ0) is 14.8. The molecular formula is C15H15ClN4O. The first kappa shape index (κ1) is 13.8. The highest BCUT2D eigenvalue weighted by atomic mass is 35.5. The molecule has 1 amide bonds. The lowest BCUT2D eigenvalue weighted by Gasteiger charge is -2.25. The maximum atomic E-state index is 12.6. The van der Waals surface area contributed by atoms with Gasteiger partial charge in [0.1, 0.15) is 17.4 Å². The molecule has 0 radical (unpaired) electrons. The van der Waals surface area contributed by atoms with E-state index in [1.54, 1.807) is 4.90 Å². The molecule has 1 atom stereocenters. The van der Waals surface area contributed by atoms with Crippen LogP contribution in [0.25, 0.3) is 0 Å². The summed E-state index contributed by atoms with van der Waals surface area (Å²) in [5.74, 6) is 0.651. The molecule has 21 heavy (non-hydrogen) atoms. The molecule has 3 rings (SSSR count). The molecule has 2 heterocycles. The summed E-state index contributed by atoms with van der Waals surface area (Å²) in [5.41, 5.74) is 0.923. The van der Waals surface area contributed by atoms with Crippen LogP contribution in [0.3, 0.4) is 0 Å². The van der Waals surface area contributed by atoms with Crippen LogP contribution in [-0.4, -0.2) is 35.5 Å². The third kappa shape index (κ3) is 2.56. The molecular weight excluding hydrogens is 288 g/mol. The van der Waals surface area contributed by atoms with Gasteiger partial charge in [-0.1, -0.05) is 29.8 Å². The van der Waals surface area contributed by atoms with Gasteiger partial charge in [-0.3, -0.25) is 4.79 Å². The molecule has 2 aromatic rings. The summed E-state index contributed by atoms with van der Waals surface area (Å²) in [7, 11) is 1.84. The summed E-state index contributed by atoms with van der Waals surface area (Å²) in [6, 6.07) is 9.43. The highest BCUT2D eigenvalue weighted by Crippen LogP contribution is 2.28. The van der Waals surface area contributed by atoms with Crippen LogP contribution in [0.5, 0.6) is 0 Å². The molecule has 1 aromatic carbocycles. The molecule has 1 saturated heterocycles. The van der Waals surface area contributed by atoms with Crippen LogP contribution < -0.4 is 9.80 Å². The molecule has 0 N–H and O–H groups in total. The van der Waals surface area contributed by atoms with Crippen molar-refractivity contribution in [2.24, 2.45) is 0 Å². The highest BCUT2D eigenvalue weighted by molar-refractivity contribution is 6.32. The Balaban J connectivity index is 1.82. The molecule has 6 heteroatoms. The van der Waals surface area contributed by atoms with Crippen molar-refractivity contribution in [3.8, 4) is 0 Å². The predicted molar refractivity (Wildman–Crippen MR) is 82.6 cm³/mol. The molecule has 0 bridgehead atoms. The van der Waals surface area contributed by atoms with Gasteiger partial charge in [-0.25, -0.2) is 9.97 Å². The van der Waals surface area contributed by atoms with E-state index in [0.717, 1.165) is 12.1 Å². The Hall–Kier alpha value is -2.14. The van der Waals surface area contributed by atoms with E-state index in [9.17, 15) is 4.79 Å². The van der Waals surface area contributed by atoms with Crippen LogP contribution >= 0.6 is 11.6 Å². The Kier molecular flexibility index (Phi) is 3.75. The van der Waals surface area contributed by atoms with E-state index < -0.39 is 0 Å². The maximum Gasteiger partial charge on any atom is 0.249 e. The van der Waals surface area contributed by atoms with Gasteiger partial charge in [0.15, 0.2) is 5.82 Å². The van der Waals surface area contributed by atoms with Gasteiger partial charge >= 0.3 is 0 Å². The molecule has 0 spiro atoms. The monoisotopic (exact) mass is 302 g/mol. The van der Waals surface area contributed by atoms with E-state index in [2.05, 4.69) is 9.97 Å². The van der Waals surface area contributed by atoms with Crippen LogP contribution in [0.1, 0.15) is 6.42 Å². The van der Waals surface area contributed by atoms with Gasteiger partial charge in [-0.15, -0.1) is 0 Å². The van der Waals surface area contributed by atoms with Crippen molar-refractivity contribution in [2.75, 3.05) is 23.4 Å². The predicted octanol–water partition coefficient (Wildman–Crippen LogP) is 2.37. The summed E-state index contributed by atoms with van der Waals surface area (Å²) in [6.07, 6.45) is 3.71. The second-order valence-corrected chi connectivity index (χ2v) is 5.34. The van der Waals surface area contributed by atoms with E-state index in [-0.39, 0.29) is 11.9 Å². The number of rotatable bonds is 3. The number of amides is 1. The number of hydrogen-bond acceptors (Lipinski definition) is 4. The molecule has 1 aliphatic heterocycles. The standard InChI is InChI=1S/C15H15ClN4O/c1-19(14-12(16)9-17-10-18-14)13-7-8-20(15(13)21)11-5-3-2-4-6-11/h2-6,9-10,13H,7-8H2,1H3. The fraction of sp³-hybridized carbons (Fsp3) is 0.267. The van der Waals surface area contributed by atoms with Crippen LogP contribution in [0, 0.1) is 0 Å². The number of halogens is 1. The van der Waals surface area contributed by atoms with Crippen LogP contribution in [-0.2, 0) is 4.79 Å². The van der Waals surface area contributed by atoms with E-state index >= 15 is 0 Å². The number of hydrogen-bond donors (Lipinski definition) is 0. The minimum Gasteiger partial charge on any atom is -0.346 e. The number of anilines is 2. The fourth-order valence-corrected chi connectivity index (χ4v) is 2.84.